The molecule has 0 aliphatic carbocycles. The fourth-order valence-electron chi connectivity index (χ4n) is 2.71. The van der Waals surface area contributed by atoms with Crippen molar-refractivity contribution in [1.82, 2.24) is 4.90 Å². The smallest absolute Gasteiger partial charge is 0.409 e. The van der Waals surface area contributed by atoms with Crippen molar-refractivity contribution in [2.24, 2.45) is 5.84 Å². The second kappa shape index (κ2) is 10.7. The Morgan fingerprint density at radius 1 is 1.07 bits per heavy atom. The van der Waals surface area contributed by atoms with E-state index in [4.69, 9.17) is 10.6 Å². The van der Waals surface area contributed by atoms with Crippen LogP contribution in [0.1, 0.15) is 5.56 Å². The van der Waals surface area contributed by atoms with Gasteiger partial charge >= 0.3 is 6.09 Å². The lowest BCUT2D eigenvalue weighted by Gasteiger charge is -2.24. The van der Waals surface area contributed by atoms with Crippen molar-refractivity contribution in [3.63, 3.8) is 0 Å². The van der Waals surface area contributed by atoms with E-state index in [2.05, 4.69) is 12.0 Å². The summed E-state index contributed by atoms with van der Waals surface area (Å²) in [6.07, 6.45) is 2.65. The third-order valence-corrected chi connectivity index (χ3v) is 4.33. The van der Waals surface area contributed by atoms with Gasteiger partial charge in [-0.05, 0) is 29.8 Å². The van der Waals surface area contributed by atoms with Crippen LogP contribution in [0, 0.1) is 0 Å². The molecule has 0 fully saturated rings. The minimum Gasteiger partial charge on any atom is -0.453 e. The maximum absolute atomic E-state index is 12.9. The Balaban J connectivity index is 2.17. The molecule has 2 rings (SSSR count). The summed E-state index contributed by atoms with van der Waals surface area (Å²) in [5.74, 6) is 5.31. The molecule has 0 bridgehead atoms. The number of nitrogens with zero attached hydrogens (tertiary/aromatic N) is 2. The number of nitrogen functional groups attached to an aromatic ring is 1. The van der Waals surface area contributed by atoms with Gasteiger partial charge in [-0.3, -0.25) is 10.6 Å². The highest BCUT2D eigenvalue weighted by atomic mass is 16.5. The average Bonchev–Trinajstić information content (AvgIpc) is 2.77. The standard InChI is InChI=1S/C22H26N4O3/c1-17(19-11-7-8-12-20(19)24-23)13-14-21(27)26(18-9-5-4-6-10-18)16-15-25(2)22(28)29-3/h4-14,24H,1,15-16,23H2,2-3H3/b14-13+. The van der Waals surface area contributed by atoms with Crippen LogP contribution in [0.3, 0.4) is 0 Å². The number of nitrogens with two attached hydrogens (primary N) is 1. The van der Waals surface area contributed by atoms with Crippen molar-refractivity contribution in [3.05, 3.63) is 78.9 Å². The minimum atomic E-state index is -0.458. The number of benzene rings is 2. The molecule has 2 aromatic rings. The lowest BCUT2D eigenvalue weighted by Crippen LogP contribution is -2.39. The van der Waals surface area contributed by atoms with Crippen molar-refractivity contribution in [3.8, 4) is 0 Å². The van der Waals surface area contributed by atoms with E-state index in [-0.39, 0.29) is 5.91 Å². The predicted octanol–water partition coefficient (Wildman–Crippen LogP) is 3.27. The van der Waals surface area contributed by atoms with Crippen molar-refractivity contribution >= 4 is 28.9 Å². The summed E-state index contributed by atoms with van der Waals surface area (Å²) < 4.78 is 4.70. The molecule has 0 aliphatic heterocycles. The van der Waals surface area contributed by atoms with Crippen molar-refractivity contribution in [2.45, 2.75) is 0 Å². The maximum atomic E-state index is 12.9. The van der Waals surface area contributed by atoms with E-state index in [0.717, 1.165) is 11.3 Å². The van der Waals surface area contributed by atoms with Gasteiger partial charge in [-0.1, -0.05) is 43.0 Å². The topological polar surface area (TPSA) is 87.9 Å². The van der Waals surface area contributed by atoms with Gasteiger partial charge in [0.2, 0.25) is 0 Å². The van der Waals surface area contributed by atoms with Crippen LogP contribution in [0.15, 0.2) is 73.3 Å². The van der Waals surface area contributed by atoms with E-state index >= 15 is 0 Å². The Bertz CT molecular complexity index is 881. The third kappa shape index (κ3) is 5.95. The number of likely N-dealkylation sites (N-methyl/N-ethyl adjacent to an activating group) is 1. The molecule has 29 heavy (non-hydrogen) atoms. The Morgan fingerprint density at radius 2 is 1.72 bits per heavy atom. The van der Waals surface area contributed by atoms with Crippen molar-refractivity contribution in [1.29, 1.82) is 0 Å². The number of para-hydroxylation sites is 2. The summed E-state index contributed by atoms with van der Waals surface area (Å²) in [4.78, 5) is 27.5. The van der Waals surface area contributed by atoms with Gasteiger partial charge in [0.05, 0.1) is 12.8 Å². The number of hydrogen-bond acceptors (Lipinski definition) is 5. The maximum Gasteiger partial charge on any atom is 0.409 e. The highest BCUT2D eigenvalue weighted by Crippen LogP contribution is 2.23. The largest absolute Gasteiger partial charge is 0.453 e. The third-order valence-electron chi connectivity index (χ3n) is 4.33. The number of methoxy groups -OCH3 is 1. The van der Waals surface area contributed by atoms with Gasteiger partial charge in [0, 0.05) is 37.5 Å². The fourth-order valence-corrected chi connectivity index (χ4v) is 2.71. The van der Waals surface area contributed by atoms with Gasteiger partial charge in [0.25, 0.3) is 5.91 Å². The van der Waals surface area contributed by atoms with Crippen molar-refractivity contribution in [2.75, 3.05) is 37.6 Å². The van der Waals surface area contributed by atoms with Crippen LogP contribution in [-0.2, 0) is 9.53 Å². The van der Waals surface area contributed by atoms with Crippen LogP contribution in [0.4, 0.5) is 16.2 Å². The number of amides is 2. The zero-order valence-electron chi connectivity index (χ0n) is 16.7. The molecule has 7 nitrogen and oxygen atoms in total. The quantitative estimate of drug-likeness (QED) is 0.311. The Morgan fingerprint density at radius 3 is 2.38 bits per heavy atom. The number of nitrogens with one attached hydrogen (secondary N) is 1. The van der Waals surface area contributed by atoms with Crippen LogP contribution in [0.5, 0.6) is 0 Å². The first-order valence-corrected chi connectivity index (χ1v) is 9.06. The fraction of sp³-hybridized carbons (Fsp3) is 0.182. The molecule has 3 N–H and O–H groups in total. The molecule has 0 unspecified atom stereocenters. The van der Waals surface area contributed by atoms with Crippen molar-refractivity contribution < 1.29 is 14.3 Å². The summed E-state index contributed by atoms with van der Waals surface area (Å²) >= 11 is 0. The number of carbonyl (C=O) groups is 2. The zero-order valence-corrected chi connectivity index (χ0v) is 16.7. The van der Waals surface area contributed by atoms with Gasteiger partial charge in [0.1, 0.15) is 0 Å². The summed E-state index contributed by atoms with van der Waals surface area (Å²) in [7, 11) is 2.94. The lowest BCUT2D eigenvalue weighted by molar-refractivity contribution is -0.114. The summed E-state index contributed by atoms with van der Waals surface area (Å²) in [5.41, 5.74) is 5.52. The molecule has 152 valence electrons. The summed E-state index contributed by atoms with van der Waals surface area (Å²) in [6, 6.07) is 16.7. The molecule has 0 heterocycles. The second-order valence-electron chi connectivity index (χ2n) is 6.27. The molecular formula is C22H26N4O3. The monoisotopic (exact) mass is 394 g/mol. The second-order valence-corrected chi connectivity index (χ2v) is 6.27. The SMILES string of the molecule is C=C(/C=C/C(=O)N(CCN(C)C(=O)OC)c1ccccc1)c1ccccc1NN. The minimum absolute atomic E-state index is 0.228. The van der Waals surface area contributed by atoms with E-state index in [1.807, 2.05) is 54.6 Å². The molecule has 0 aromatic heterocycles. The first-order valence-electron chi connectivity index (χ1n) is 9.06. The zero-order chi connectivity index (χ0) is 21.2. The van der Waals surface area contributed by atoms with E-state index in [1.54, 1.807) is 18.0 Å². The molecule has 2 amide bonds. The van der Waals surface area contributed by atoms with Gasteiger partial charge in [-0.2, -0.15) is 0 Å². The molecule has 0 saturated carbocycles. The highest BCUT2D eigenvalue weighted by molar-refractivity contribution is 6.03. The summed E-state index contributed by atoms with van der Waals surface area (Å²) in [5, 5.41) is 0. The Hall–Kier alpha value is -3.58. The molecule has 0 radical (unpaired) electrons. The van der Waals surface area contributed by atoms with Crippen LogP contribution < -0.4 is 16.2 Å². The first-order chi connectivity index (χ1) is 14.0. The van der Waals surface area contributed by atoms with Crippen LogP contribution in [0.2, 0.25) is 0 Å². The molecule has 2 aromatic carbocycles. The molecule has 0 spiro atoms. The lowest BCUT2D eigenvalue weighted by atomic mass is 10.0. The van der Waals surface area contributed by atoms with E-state index in [9.17, 15) is 9.59 Å². The van der Waals surface area contributed by atoms with Gasteiger partial charge in [-0.25, -0.2) is 4.79 Å². The van der Waals surface area contributed by atoms with E-state index in [1.165, 1.54) is 18.1 Å². The van der Waals surface area contributed by atoms with Crippen LogP contribution in [0.25, 0.3) is 5.57 Å². The average molecular weight is 394 g/mol. The molecule has 0 saturated heterocycles. The van der Waals surface area contributed by atoms with Crippen LogP contribution >= 0.6 is 0 Å². The number of hydrazine groups is 1. The highest BCUT2D eigenvalue weighted by Gasteiger charge is 2.16. The first kappa shape index (κ1) is 21.7. The van der Waals surface area contributed by atoms with Gasteiger partial charge < -0.3 is 20.0 Å². The van der Waals surface area contributed by atoms with Gasteiger partial charge in [-0.15, -0.1) is 0 Å². The molecule has 7 heteroatoms. The number of rotatable bonds is 8. The predicted molar refractivity (Wildman–Crippen MR) is 116 cm³/mol. The molecule has 0 aliphatic rings. The number of carbonyl (C=O) groups excluding carboxylic acids is 2. The van der Waals surface area contributed by atoms with E-state index in [0.29, 0.717) is 24.4 Å². The number of allylic oxidation sites excluding steroid dienone is 2. The van der Waals surface area contributed by atoms with Crippen LogP contribution in [-0.4, -0.2) is 44.1 Å². The molecular weight excluding hydrogens is 368 g/mol. The van der Waals surface area contributed by atoms with Gasteiger partial charge in [0.15, 0.2) is 0 Å². The number of anilines is 2. The number of hydrogen-bond donors (Lipinski definition) is 2. The van der Waals surface area contributed by atoms with E-state index < -0.39 is 6.09 Å². The Kier molecular flexibility index (Phi) is 8.00. The summed E-state index contributed by atoms with van der Waals surface area (Å²) in [6.45, 7) is 4.66. The molecule has 0 atom stereocenters. The normalized spacial score (nSPS) is 10.4. The Labute approximate surface area is 171 Å². The number of ether oxygens (including phenoxy) is 1.